The minimum absolute atomic E-state index is 0.152. The molecule has 0 fully saturated rings. The van der Waals surface area contributed by atoms with E-state index in [0.29, 0.717) is 32.9 Å². The summed E-state index contributed by atoms with van der Waals surface area (Å²) in [4.78, 5) is 8.45. The monoisotopic (exact) mass is 433 g/mol. The highest BCUT2D eigenvalue weighted by Gasteiger charge is 2.22. The van der Waals surface area contributed by atoms with Crippen LogP contribution in [0.4, 0.5) is 5.69 Å². The van der Waals surface area contributed by atoms with E-state index in [2.05, 4.69) is 26.5 Å². The molecular formula is C23H16ClN3O2S. The number of fused-ring (bicyclic) bond motifs is 1. The molecule has 0 saturated carbocycles. The van der Waals surface area contributed by atoms with Gasteiger partial charge in [-0.1, -0.05) is 53.8 Å². The van der Waals surface area contributed by atoms with Gasteiger partial charge in [0.05, 0.1) is 21.8 Å². The number of aromatic nitrogens is 2. The molecule has 0 bridgehead atoms. The molecule has 0 atom stereocenters. The molecule has 5 nitrogen and oxygen atoms in total. The zero-order valence-electron chi connectivity index (χ0n) is 15.9. The molecule has 0 unspecified atom stereocenters. The third-order valence-electron chi connectivity index (χ3n) is 4.46. The summed E-state index contributed by atoms with van der Waals surface area (Å²) in [6.07, 6.45) is 4.72. The Morgan fingerprint density at radius 1 is 0.933 bits per heavy atom. The zero-order chi connectivity index (χ0) is 21.1. The number of benzene rings is 2. The van der Waals surface area contributed by atoms with Gasteiger partial charge in [-0.15, -0.1) is 0 Å². The predicted molar refractivity (Wildman–Crippen MR) is 119 cm³/mol. The van der Waals surface area contributed by atoms with Crippen LogP contribution in [0, 0.1) is 18.8 Å². The molecular weight excluding hydrogens is 418 g/mol. The first kappa shape index (κ1) is 19.9. The average Bonchev–Trinajstić information content (AvgIpc) is 2.73. The molecule has 2 aromatic carbocycles. The Balaban J connectivity index is 1.77. The molecule has 148 valence electrons. The van der Waals surface area contributed by atoms with E-state index in [0.717, 1.165) is 5.39 Å². The lowest BCUT2D eigenvalue weighted by atomic mass is 10.1. The molecule has 30 heavy (non-hydrogen) atoms. The highest BCUT2D eigenvalue weighted by Crippen LogP contribution is 2.27. The second-order valence-corrected chi connectivity index (χ2v) is 8.57. The molecule has 7 heteroatoms. The third-order valence-corrected chi connectivity index (χ3v) is 6.34. The van der Waals surface area contributed by atoms with Crippen LogP contribution in [0.2, 0.25) is 5.02 Å². The fourth-order valence-electron chi connectivity index (χ4n) is 3.04. The van der Waals surface area contributed by atoms with Crippen molar-refractivity contribution in [3.8, 4) is 11.8 Å². The van der Waals surface area contributed by atoms with Crippen LogP contribution in [-0.4, -0.2) is 18.4 Å². The van der Waals surface area contributed by atoms with Crippen molar-refractivity contribution in [2.24, 2.45) is 0 Å². The summed E-state index contributed by atoms with van der Waals surface area (Å²) < 4.78 is 29.2. The number of para-hydroxylation sites is 1. The first-order valence-corrected chi connectivity index (χ1v) is 10.9. The number of anilines is 1. The van der Waals surface area contributed by atoms with Crippen LogP contribution in [0.5, 0.6) is 0 Å². The molecule has 0 radical (unpaired) electrons. The molecule has 2 aromatic heterocycles. The van der Waals surface area contributed by atoms with Crippen molar-refractivity contribution in [2.45, 2.75) is 11.8 Å². The zero-order valence-corrected chi connectivity index (χ0v) is 17.5. The van der Waals surface area contributed by atoms with Crippen LogP contribution in [0.1, 0.15) is 16.7 Å². The molecule has 0 aliphatic carbocycles. The Hall–Kier alpha value is -3.40. The lowest BCUT2D eigenvalue weighted by Crippen LogP contribution is -2.16. The summed E-state index contributed by atoms with van der Waals surface area (Å²) in [7, 11) is -3.90. The Labute approximate surface area is 179 Å². The number of hydrogen-bond donors (Lipinski definition) is 1. The Bertz CT molecular complexity index is 1420. The van der Waals surface area contributed by atoms with Gasteiger partial charge in [0.2, 0.25) is 0 Å². The van der Waals surface area contributed by atoms with Crippen molar-refractivity contribution in [2.75, 3.05) is 4.72 Å². The van der Waals surface area contributed by atoms with E-state index >= 15 is 0 Å². The van der Waals surface area contributed by atoms with Gasteiger partial charge in [0.1, 0.15) is 4.90 Å². The Morgan fingerprint density at radius 3 is 2.57 bits per heavy atom. The molecule has 0 amide bonds. The lowest BCUT2D eigenvalue weighted by Gasteiger charge is -2.13. The molecule has 1 N–H and O–H groups in total. The molecule has 0 aliphatic heterocycles. The van der Waals surface area contributed by atoms with Crippen LogP contribution in [0.25, 0.3) is 10.9 Å². The molecule has 0 aliphatic rings. The van der Waals surface area contributed by atoms with E-state index in [1.54, 1.807) is 68.0 Å². The number of sulfonamides is 1. The van der Waals surface area contributed by atoms with Crippen LogP contribution < -0.4 is 4.72 Å². The van der Waals surface area contributed by atoms with Gasteiger partial charge < -0.3 is 0 Å². The van der Waals surface area contributed by atoms with E-state index in [1.807, 2.05) is 12.1 Å². The summed E-state index contributed by atoms with van der Waals surface area (Å²) in [5.74, 6) is 5.92. The van der Waals surface area contributed by atoms with Gasteiger partial charge in [-0.05, 0) is 36.8 Å². The Kier molecular flexibility index (Phi) is 5.40. The predicted octanol–water partition coefficient (Wildman–Crippen LogP) is 4.79. The number of pyridine rings is 2. The summed E-state index contributed by atoms with van der Waals surface area (Å²) in [6.45, 7) is 1.75. The van der Waals surface area contributed by atoms with Gasteiger partial charge >= 0.3 is 0 Å². The second-order valence-electron chi connectivity index (χ2n) is 6.54. The van der Waals surface area contributed by atoms with E-state index in [-0.39, 0.29) is 4.90 Å². The highest BCUT2D eigenvalue weighted by molar-refractivity contribution is 7.93. The van der Waals surface area contributed by atoms with Crippen LogP contribution >= 0.6 is 11.6 Å². The quantitative estimate of drug-likeness (QED) is 0.471. The van der Waals surface area contributed by atoms with Crippen molar-refractivity contribution in [1.82, 2.24) is 9.97 Å². The van der Waals surface area contributed by atoms with Crippen molar-refractivity contribution >= 4 is 38.2 Å². The number of nitrogens with zero attached hydrogens (tertiary/aromatic N) is 2. The van der Waals surface area contributed by atoms with Gasteiger partial charge in [-0.25, -0.2) is 8.42 Å². The van der Waals surface area contributed by atoms with Gasteiger partial charge in [-0.3, -0.25) is 14.7 Å². The van der Waals surface area contributed by atoms with Crippen molar-refractivity contribution in [3.63, 3.8) is 0 Å². The number of halogens is 1. The summed E-state index contributed by atoms with van der Waals surface area (Å²) in [6, 6.07) is 15.8. The largest absolute Gasteiger partial charge is 0.278 e. The average molecular weight is 434 g/mol. The summed E-state index contributed by atoms with van der Waals surface area (Å²) in [5, 5.41) is 1.23. The number of nitrogens with one attached hydrogen (secondary N) is 1. The first-order valence-electron chi connectivity index (χ1n) is 9.03. The number of hydrogen-bond acceptors (Lipinski definition) is 4. The topological polar surface area (TPSA) is 72.0 Å². The van der Waals surface area contributed by atoms with E-state index in [4.69, 9.17) is 11.6 Å². The molecule has 0 spiro atoms. The minimum atomic E-state index is -3.90. The molecule has 4 rings (SSSR count). The van der Waals surface area contributed by atoms with Crippen LogP contribution in [-0.2, 0) is 10.0 Å². The minimum Gasteiger partial charge on any atom is -0.278 e. The summed E-state index contributed by atoms with van der Waals surface area (Å²) in [5.41, 5.74) is 2.49. The maximum absolute atomic E-state index is 13.3. The van der Waals surface area contributed by atoms with Crippen LogP contribution in [0.15, 0.2) is 78.1 Å². The van der Waals surface area contributed by atoms with Crippen molar-refractivity contribution < 1.29 is 8.42 Å². The van der Waals surface area contributed by atoms with Crippen LogP contribution in [0.3, 0.4) is 0 Å². The van der Waals surface area contributed by atoms with Gasteiger partial charge in [0.25, 0.3) is 10.0 Å². The Morgan fingerprint density at radius 2 is 1.73 bits per heavy atom. The number of aryl methyl sites for hydroxylation is 1. The molecule has 2 heterocycles. The first-order chi connectivity index (χ1) is 14.5. The fourth-order valence-corrected chi connectivity index (χ4v) is 4.68. The van der Waals surface area contributed by atoms with E-state index < -0.39 is 10.0 Å². The number of rotatable bonds is 3. The smallest absolute Gasteiger partial charge is 0.264 e. The standard InChI is InChI=1S/C23H16ClN3O2S/c1-16-8-9-18-6-4-13-26-22(18)23(16)30(28,29)27-21-7-3-2-5-17(21)10-11-19-15-25-14-12-20(19)24/h2-9,12-15,27H,1H3. The second kappa shape index (κ2) is 8.15. The third kappa shape index (κ3) is 3.99. The van der Waals surface area contributed by atoms with Crippen molar-refractivity contribution in [3.05, 3.63) is 94.9 Å². The van der Waals surface area contributed by atoms with E-state index in [1.165, 1.54) is 0 Å². The lowest BCUT2D eigenvalue weighted by molar-refractivity contribution is 0.601. The van der Waals surface area contributed by atoms with Gasteiger partial charge in [-0.2, -0.15) is 0 Å². The molecule has 0 saturated heterocycles. The highest BCUT2D eigenvalue weighted by atomic mass is 35.5. The van der Waals surface area contributed by atoms with E-state index in [9.17, 15) is 8.42 Å². The normalized spacial score (nSPS) is 11.0. The van der Waals surface area contributed by atoms with Gasteiger partial charge in [0.15, 0.2) is 0 Å². The maximum Gasteiger partial charge on any atom is 0.264 e. The SMILES string of the molecule is Cc1ccc2cccnc2c1S(=O)(=O)Nc1ccccc1C#Cc1cnccc1Cl. The van der Waals surface area contributed by atoms with Crippen molar-refractivity contribution in [1.29, 1.82) is 0 Å². The fraction of sp³-hybridized carbons (Fsp3) is 0.0435. The maximum atomic E-state index is 13.3. The van der Waals surface area contributed by atoms with Gasteiger partial charge in [0, 0.05) is 29.5 Å². The molecule has 4 aromatic rings. The summed E-state index contributed by atoms with van der Waals surface area (Å²) >= 11 is 6.13.